The van der Waals surface area contributed by atoms with Gasteiger partial charge in [0.05, 0.1) is 11.1 Å². The zero-order chi connectivity index (χ0) is 18.6. The van der Waals surface area contributed by atoms with Crippen LogP contribution in [0.15, 0.2) is 40.9 Å². The Hall–Kier alpha value is -2.76. The second-order valence-electron chi connectivity index (χ2n) is 7.92. The minimum atomic E-state index is -0.442. The predicted octanol–water partition coefficient (Wildman–Crippen LogP) is 3.89. The number of para-hydroxylation sites is 1. The minimum absolute atomic E-state index is 0.000231. The molecule has 1 saturated heterocycles. The molecule has 1 aromatic carbocycles. The lowest BCUT2D eigenvalue weighted by Gasteiger charge is -2.47. The van der Waals surface area contributed by atoms with Crippen LogP contribution in [0.5, 0.6) is 0 Å². The highest BCUT2D eigenvalue weighted by atomic mass is 16.4. The summed E-state index contributed by atoms with van der Waals surface area (Å²) in [6.45, 7) is 4.78. The normalized spacial score (nSPS) is 24.3. The minimum Gasteiger partial charge on any atom is -0.422 e. The first-order valence-corrected chi connectivity index (χ1v) is 9.60. The fourth-order valence-electron chi connectivity index (χ4n) is 4.51. The first-order valence-electron chi connectivity index (χ1n) is 9.60. The lowest BCUT2D eigenvalue weighted by Crippen LogP contribution is -2.54. The van der Waals surface area contributed by atoms with Gasteiger partial charge in [-0.1, -0.05) is 32.0 Å². The Labute approximate surface area is 157 Å². The smallest absolute Gasteiger partial charge is 0.256 e. The van der Waals surface area contributed by atoms with Crippen LogP contribution >= 0.6 is 0 Å². The number of hydrogen-bond acceptors (Lipinski definition) is 5. The molecule has 1 aliphatic heterocycles. The van der Waals surface area contributed by atoms with Crippen molar-refractivity contribution in [2.45, 2.75) is 44.6 Å². The molecule has 27 heavy (non-hydrogen) atoms. The number of hydrogen-bond donors (Lipinski definition) is 0. The van der Waals surface area contributed by atoms with Crippen molar-refractivity contribution in [3.63, 3.8) is 0 Å². The van der Waals surface area contributed by atoms with Gasteiger partial charge in [0, 0.05) is 24.0 Å². The van der Waals surface area contributed by atoms with Gasteiger partial charge >= 0.3 is 0 Å². The van der Waals surface area contributed by atoms with E-state index in [1.54, 1.807) is 6.20 Å². The number of fused-ring (bicyclic) bond motifs is 2. The first-order chi connectivity index (χ1) is 13.1. The van der Waals surface area contributed by atoms with E-state index >= 15 is 0 Å². The molecule has 0 unspecified atom stereocenters. The molecular formula is C21H22N4O2. The maximum Gasteiger partial charge on any atom is 0.256 e. The van der Waals surface area contributed by atoms with Gasteiger partial charge < -0.3 is 9.32 Å². The lowest BCUT2D eigenvalue weighted by molar-refractivity contribution is -0.00373. The molecule has 3 aromatic rings. The van der Waals surface area contributed by atoms with Crippen LogP contribution in [0.1, 0.15) is 61.2 Å². The fraction of sp³-hybridized carbons (Fsp3) is 0.429. The summed E-state index contributed by atoms with van der Waals surface area (Å²) in [5, 5.41) is 9.53. The number of rotatable bonds is 3. The summed E-state index contributed by atoms with van der Waals surface area (Å²) < 4.78 is 6.01. The van der Waals surface area contributed by atoms with Gasteiger partial charge in [-0.25, -0.2) is 0 Å². The summed E-state index contributed by atoms with van der Waals surface area (Å²) >= 11 is 0. The molecule has 0 N–H and O–H groups in total. The largest absolute Gasteiger partial charge is 0.422 e. The van der Waals surface area contributed by atoms with Crippen molar-refractivity contribution in [2.75, 3.05) is 6.54 Å². The molecule has 3 heterocycles. The summed E-state index contributed by atoms with van der Waals surface area (Å²) in [5.41, 5.74) is 1.07. The molecule has 6 nitrogen and oxygen atoms in total. The van der Waals surface area contributed by atoms with Gasteiger partial charge in [-0.3, -0.25) is 9.78 Å². The molecule has 1 aliphatic carbocycles. The molecule has 138 valence electrons. The predicted molar refractivity (Wildman–Crippen MR) is 100 cm³/mol. The van der Waals surface area contributed by atoms with E-state index in [1.807, 2.05) is 49.1 Å². The number of nitrogens with zero attached hydrogens (tertiary/aromatic N) is 4. The lowest BCUT2D eigenvalue weighted by atomic mass is 9.67. The zero-order valence-corrected chi connectivity index (χ0v) is 15.6. The Bertz CT molecular complexity index is 1030. The summed E-state index contributed by atoms with van der Waals surface area (Å²) in [5.74, 6) is 1.81. The summed E-state index contributed by atoms with van der Waals surface area (Å²) in [4.78, 5) is 19.8. The van der Waals surface area contributed by atoms with E-state index in [9.17, 15) is 4.79 Å². The molecule has 0 spiro atoms. The van der Waals surface area contributed by atoms with Crippen LogP contribution in [0.3, 0.4) is 0 Å². The van der Waals surface area contributed by atoms with Crippen LogP contribution < -0.4 is 0 Å². The fourth-order valence-corrected chi connectivity index (χ4v) is 4.51. The van der Waals surface area contributed by atoms with Crippen molar-refractivity contribution in [1.29, 1.82) is 0 Å². The summed E-state index contributed by atoms with van der Waals surface area (Å²) in [7, 11) is 0. The van der Waals surface area contributed by atoms with Crippen molar-refractivity contribution in [3.8, 4) is 0 Å². The maximum absolute atomic E-state index is 13.4. The molecule has 0 radical (unpaired) electrons. The van der Waals surface area contributed by atoms with E-state index in [0.717, 1.165) is 36.7 Å². The van der Waals surface area contributed by atoms with E-state index in [1.165, 1.54) is 0 Å². The molecule has 2 fully saturated rings. The van der Waals surface area contributed by atoms with Gasteiger partial charge in [-0.15, -0.1) is 10.2 Å². The molecule has 2 aliphatic rings. The number of carbonyl (C=O) groups excluding carboxylic acids is 1. The van der Waals surface area contributed by atoms with Crippen LogP contribution in [-0.2, 0) is 5.54 Å². The standard InChI is InChI=1S/C21H22N4O2/c1-13(2)18-23-24-20(27-18)21-9-7-16(21)8-10-25(21)19(26)15-11-14-5-3-4-6-17(14)22-12-15/h3-6,11-13,16H,7-10H2,1-2H3/t16-,21-/m0/s1. The van der Waals surface area contributed by atoms with Gasteiger partial charge in [0.2, 0.25) is 11.8 Å². The molecule has 2 atom stereocenters. The van der Waals surface area contributed by atoms with E-state index in [4.69, 9.17) is 4.42 Å². The van der Waals surface area contributed by atoms with Crippen LogP contribution in [0.2, 0.25) is 0 Å². The van der Waals surface area contributed by atoms with Crippen LogP contribution in [-0.4, -0.2) is 32.5 Å². The quantitative estimate of drug-likeness (QED) is 0.707. The third kappa shape index (κ3) is 2.32. The molecule has 6 heteroatoms. The highest BCUT2D eigenvalue weighted by Gasteiger charge is 2.61. The Kier molecular flexibility index (Phi) is 3.57. The molecule has 1 amide bonds. The maximum atomic E-state index is 13.4. The second-order valence-corrected chi connectivity index (χ2v) is 7.92. The second kappa shape index (κ2) is 5.87. The molecule has 5 rings (SSSR count). The number of pyridine rings is 1. The van der Waals surface area contributed by atoms with Gasteiger partial charge in [0.1, 0.15) is 5.54 Å². The number of likely N-dealkylation sites (tertiary alicyclic amines) is 1. The van der Waals surface area contributed by atoms with Crippen LogP contribution in [0.25, 0.3) is 10.9 Å². The topological polar surface area (TPSA) is 72.1 Å². The van der Waals surface area contributed by atoms with Crippen molar-refractivity contribution in [2.24, 2.45) is 5.92 Å². The zero-order valence-electron chi connectivity index (χ0n) is 15.6. The van der Waals surface area contributed by atoms with Gasteiger partial charge in [0.25, 0.3) is 5.91 Å². The highest BCUT2D eigenvalue weighted by Crippen LogP contribution is 2.56. The number of benzene rings is 1. The number of aromatic nitrogens is 3. The van der Waals surface area contributed by atoms with Crippen molar-refractivity contribution in [1.82, 2.24) is 20.1 Å². The third-order valence-corrected chi connectivity index (χ3v) is 6.12. The number of carbonyl (C=O) groups is 1. The highest BCUT2D eigenvalue weighted by molar-refractivity contribution is 5.98. The third-order valence-electron chi connectivity index (χ3n) is 6.12. The average molecular weight is 362 g/mol. The van der Waals surface area contributed by atoms with Crippen molar-refractivity contribution < 1.29 is 9.21 Å². The molecular weight excluding hydrogens is 340 g/mol. The van der Waals surface area contributed by atoms with E-state index in [0.29, 0.717) is 23.3 Å². The molecule has 1 saturated carbocycles. The Morgan fingerprint density at radius 2 is 2.11 bits per heavy atom. The first kappa shape index (κ1) is 16.4. The number of amides is 1. The Morgan fingerprint density at radius 1 is 1.26 bits per heavy atom. The Balaban J connectivity index is 1.53. The molecule has 0 bridgehead atoms. The summed E-state index contributed by atoms with van der Waals surface area (Å²) in [6, 6.07) is 9.78. The average Bonchev–Trinajstić information content (AvgIpc) is 3.24. The van der Waals surface area contributed by atoms with Crippen molar-refractivity contribution >= 4 is 16.8 Å². The van der Waals surface area contributed by atoms with E-state index < -0.39 is 5.54 Å². The van der Waals surface area contributed by atoms with Crippen LogP contribution in [0, 0.1) is 5.92 Å². The van der Waals surface area contributed by atoms with Crippen molar-refractivity contribution in [3.05, 3.63) is 53.9 Å². The summed E-state index contributed by atoms with van der Waals surface area (Å²) in [6.07, 6.45) is 4.63. The molecule has 2 aromatic heterocycles. The van der Waals surface area contributed by atoms with Gasteiger partial charge in [0.15, 0.2) is 0 Å². The SMILES string of the molecule is CC(C)c1nnc([C@]23CC[C@H]2CCN3C(=O)c2cnc3ccccc3c2)o1. The van der Waals surface area contributed by atoms with Gasteiger partial charge in [-0.2, -0.15) is 0 Å². The van der Waals surface area contributed by atoms with E-state index in [-0.39, 0.29) is 11.8 Å². The van der Waals surface area contributed by atoms with Crippen LogP contribution in [0.4, 0.5) is 0 Å². The monoisotopic (exact) mass is 362 g/mol. The van der Waals surface area contributed by atoms with Gasteiger partial charge in [-0.05, 0) is 37.3 Å². The Morgan fingerprint density at radius 3 is 2.85 bits per heavy atom. The van der Waals surface area contributed by atoms with E-state index in [2.05, 4.69) is 15.2 Å².